The Morgan fingerprint density at radius 3 is 2.20 bits per heavy atom. The van der Waals surface area contributed by atoms with E-state index in [4.69, 9.17) is 18.8 Å². The van der Waals surface area contributed by atoms with Crippen LogP contribution in [0, 0.1) is 0 Å². The van der Waals surface area contributed by atoms with Gasteiger partial charge in [0.25, 0.3) is 0 Å². The van der Waals surface area contributed by atoms with Gasteiger partial charge in [-0.15, -0.1) is 0 Å². The summed E-state index contributed by atoms with van der Waals surface area (Å²) >= 11 is 0. The molecule has 6 heteroatoms. The molecule has 160 valence electrons. The average Bonchev–Trinajstić information content (AvgIpc) is 2.88. The summed E-state index contributed by atoms with van der Waals surface area (Å²) in [5.74, 6) is 0.561. The van der Waals surface area contributed by atoms with Crippen LogP contribution in [0.25, 0.3) is 0 Å². The fourth-order valence-electron chi connectivity index (χ4n) is 3.28. The summed E-state index contributed by atoms with van der Waals surface area (Å²) in [4.78, 5) is 11.8. The Morgan fingerprint density at radius 1 is 0.967 bits per heavy atom. The molecule has 0 unspecified atom stereocenters. The second-order valence-corrected chi connectivity index (χ2v) is 9.31. The van der Waals surface area contributed by atoms with E-state index in [2.05, 4.69) is 0 Å². The zero-order valence-corrected chi connectivity index (χ0v) is 18.7. The topological polar surface area (TPSA) is 54.0 Å². The fraction of sp³-hybridized carbons (Fsp3) is 0.458. The van der Waals surface area contributed by atoms with Crippen molar-refractivity contribution in [1.82, 2.24) is 0 Å². The van der Waals surface area contributed by atoms with Gasteiger partial charge in [-0.3, -0.25) is 4.79 Å². The summed E-state index contributed by atoms with van der Waals surface area (Å²) in [6, 6.07) is 15.4. The molecule has 0 radical (unpaired) electrons. The monoisotopic (exact) mass is 410 g/mol. The number of carbonyl (C=O) groups is 1. The van der Waals surface area contributed by atoms with E-state index in [1.165, 1.54) is 0 Å². The number of ether oxygens (including phenoxy) is 2. The summed E-state index contributed by atoms with van der Waals surface area (Å²) in [7, 11) is -0.688. The Morgan fingerprint density at radius 2 is 1.60 bits per heavy atom. The van der Waals surface area contributed by atoms with Crippen molar-refractivity contribution in [2.24, 2.45) is 0 Å². The quantitative estimate of drug-likeness (QED) is 0.483. The molecule has 3 rings (SSSR count). The standard InChI is InChI=1S/C24H31BO5/c1-22(2,17-27-16-18-11-8-7-9-12-18)28-20-14-10-13-19(15-26)21(20)25-29-23(3,4)24(5,6)30-25/h7-15H,16-17H2,1-6H3. The van der Waals surface area contributed by atoms with Gasteiger partial charge in [-0.25, -0.2) is 0 Å². The van der Waals surface area contributed by atoms with Crippen LogP contribution in [0.3, 0.4) is 0 Å². The van der Waals surface area contributed by atoms with Crippen LogP contribution < -0.4 is 10.2 Å². The lowest BCUT2D eigenvalue weighted by Crippen LogP contribution is -2.42. The lowest BCUT2D eigenvalue weighted by atomic mass is 9.75. The number of rotatable bonds is 8. The summed E-state index contributed by atoms with van der Waals surface area (Å²) in [5.41, 5.74) is 0.566. The molecule has 1 saturated heterocycles. The van der Waals surface area contributed by atoms with Gasteiger partial charge in [0, 0.05) is 11.0 Å². The molecule has 0 atom stereocenters. The highest BCUT2D eigenvalue weighted by molar-refractivity contribution is 6.64. The average molecular weight is 410 g/mol. The molecule has 1 aliphatic rings. The van der Waals surface area contributed by atoms with Crippen molar-refractivity contribution >= 4 is 18.9 Å². The van der Waals surface area contributed by atoms with Crippen LogP contribution in [0.15, 0.2) is 48.5 Å². The van der Waals surface area contributed by atoms with E-state index in [9.17, 15) is 4.79 Å². The van der Waals surface area contributed by atoms with E-state index >= 15 is 0 Å². The second-order valence-electron chi connectivity index (χ2n) is 9.31. The minimum atomic E-state index is -0.688. The zero-order valence-electron chi connectivity index (χ0n) is 18.7. The molecule has 30 heavy (non-hydrogen) atoms. The van der Waals surface area contributed by atoms with Crippen LogP contribution in [0.4, 0.5) is 0 Å². The van der Waals surface area contributed by atoms with Crippen LogP contribution in [-0.2, 0) is 20.7 Å². The van der Waals surface area contributed by atoms with Crippen LogP contribution in [-0.4, -0.2) is 36.8 Å². The maximum atomic E-state index is 11.8. The van der Waals surface area contributed by atoms with Crippen LogP contribution in [0.2, 0.25) is 0 Å². The van der Waals surface area contributed by atoms with E-state index in [1.54, 1.807) is 12.1 Å². The molecule has 2 aromatic rings. The van der Waals surface area contributed by atoms with Gasteiger partial charge in [0.15, 0.2) is 0 Å². The van der Waals surface area contributed by atoms with Crippen molar-refractivity contribution < 1.29 is 23.6 Å². The molecule has 1 aliphatic heterocycles. The Kier molecular flexibility index (Phi) is 6.41. The molecule has 0 aromatic heterocycles. The van der Waals surface area contributed by atoms with Crippen molar-refractivity contribution in [2.45, 2.75) is 65.0 Å². The molecule has 5 nitrogen and oxygen atoms in total. The lowest BCUT2D eigenvalue weighted by Gasteiger charge is -2.32. The predicted octanol–water partition coefficient (Wildman–Crippen LogP) is 4.17. The second kappa shape index (κ2) is 8.54. The number of hydrogen-bond acceptors (Lipinski definition) is 5. The van der Waals surface area contributed by atoms with Gasteiger partial charge >= 0.3 is 7.12 Å². The Hall–Kier alpha value is -2.15. The number of carbonyl (C=O) groups excluding carboxylic acids is 1. The van der Waals surface area contributed by atoms with Crippen molar-refractivity contribution in [3.8, 4) is 5.75 Å². The maximum Gasteiger partial charge on any atom is 0.499 e. The van der Waals surface area contributed by atoms with Crippen LogP contribution in [0.5, 0.6) is 5.75 Å². The first-order chi connectivity index (χ1) is 14.0. The Balaban J connectivity index is 1.78. The van der Waals surface area contributed by atoms with Gasteiger partial charge in [0.2, 0.25) is 0 Å². The Bertz CT molecular complexity index is 860. The first-order valence-electron chi connectivity index (χ1n) is 10.3. The minimum Gasteiger partial charge on any atom is -0.486 e. The molecular weight excluding hydrogens is 379 g/mol. The third-order valence-corrected chi connectivity index (χ3v) is 5.66. The van der Waals surface area contributed by atoms with Gasteiger partial charge in [-0.2, -0.15) is 0 Å². The molecule has 1 heterocycles. The normalized spacial score (nSPS) is 17.7. The van der Waals surface area contributed by atoms with Gasteiger partial charge in [-0.1, -0.05) is 42.5 Å². The van der Waals surface area contributed by atoms with Gasteiger partial charge < -0.3 is 18.8 Å². The van der Waals surface area contributed by atoms with Gasteiger partial charge in [0.05, 0.1) is 24.4 Å². The third kappa shape index (κ3) is 4.94. The van der Waals surface area contributed by atoms with Crippen LogP contribution >= 0.6 is 0 Å². The maximum absolute atomic E-state index is 11.8. The zero-order chi connectivity index (χ0) is 22.0. The Labute approximate surface area is 179 Å². The molecule has 0 aliphatic carbocycles. The number of benzene rings is 2. The largest absolute Gasteiger partial charge is 0.499 e. The summed E-state index contributed by atoms with van der Waals surface area (Å²) < 4.78 is 24.6. The molecule has 2 aromatic carbocycles. The highest BCUT2D eigenvalue weighted by atomic mass is 16.7. The molecule has 0 N–H and O–H groups in total. The lowest BCUT2D eigenvalue weighted by molar-refractivity contribution is -0.00968. The van der Waals surface area contributed by atoms with Crippen molar-refractivity contribution in [1.29, 1.82) is 0 Å². The molecule has 0 saturated carbocycles. The molecule has 1 fully saturated rings. The molecular formula is C24H31BO5. The molecule has 0 bridgehead atoms. The first kappa shape index (κ1) is 22.5. The van der Waals surface area contributed by atoms with E-state index in [0.717, 1.165) is 11.8 Å². The van der Waals surface area contributed by atoms with Gasteiger partial charge in [-0.05, 0) is 53.2 Å². The SMILES string of the molecule is CC(C)(COCc1ccccc1)Oc1cccc(C=O)c1B1OC(C)(C)C(C)(C)O1. The van der Waals surface area contributed by atoms with E-state index in [-0.39, 0.29) is 0 Å². The fourth-order valence-corrected chi connectivity index (χ4v) is 3.28. The van der Waals surface area contributed by atoms with Crippen molar-refractivity contribution in [2.75, 3.05) is 6.61 Å². The smallest absolute Gasteiger partial charge is 0.486 e. The first-order valence-corrected chi connectivity index (χ1v) is 10.3. The van der Waals surface area contributed by atoms with Crippen molar-refractivity contribution in [3.63, 3.8) is 0 Å². The highest BCUT2D eigenvalue weighted by Gasteiger charge is 2.53. The van der Waals surface area contributed by atoms with E-state index < -0.39 is 23.9 Å². The number of hydrogen-bond donors (Lipinski definition) is 0. The number of aldehydes is 1. The molecule has 0 spiro atoms. The summed E-state index contributed by atoms with van der Waals surface area (Å²) in [6.07, 6.45) is 0.812. The highest BCUT2D eigenvalue weighted by Crippen LogP contribution is 2.37. The van der Waals surface area contributed by atoms with Crippen molar-refractivity contribution in [3.05, 3.63) is 59.7 Å². The van der Waals surface area contributed by atoms with E-state index in [0.29, 0.717) is 30.0 Å². The summed E-state index contributed by atoms with van der Waals surface area (Å²) in [6.45, 7) is 12.7. The van der Waals surface area contributed by atoms with Gasteiger partial charge in [0.1, 0.15) is 17.6 Å². The van der Waals surface area contributed by atoms with E-state index in [1.807, 2.05) is 77.9 Å². The minimum absolute atomic E-state index is 0.385. The van der Waals surface area contributed by atoms with Crippen LogP contribution in [0.1, 0.15) is 57.5 Å². The summed E-state index contributed by atoms with van der Waals surface area (Å²) in [5, 5.41) is 0. The molecule has 0 amide bonds. The third-order valence-electron chi connectivity index (χ3n) is 5.66. The predicted molar refractivity (Wildman–Crippen MR) is 118 cm³/mol.